The molecule has 0 aromatic carbocycles. The van der Waals surface area contributed by atoms with E-state index in [2.05, 4.69) is 6.92 Å². The maximum Gasteiger partial charge on any atom is 0.263 e. The second kappa shape index (κ2) is 5.39. The SMILES string of the molecule is C[C@H]1CCc2sc(C(=O)N(C)[C@H]3CCS(=O)(=O)C3)cc2C1. The van der Waals surface area contributed by atoms with Crippen molar-refractivity contribution in [3.8, 4) is 0 Å². The van der Waals surface area contributed by atoms with E-state index in [1.807, 2.05) is 6.07 Å². The normalized spacial score (nSPS) is 27.3. The number of amides is 1. The van der Waals surface area contributed by atoms with Crippen LogP contribution in [-0.2, 0) is 22.7 Å². The topological polar surface area (TPSA) is 54.5 Å². The van der Waals surface area contributed by atoms with Crippen LogP contribution in [0.2, 0.25) is 0 Å². The average molecular weight is 327 g/mol. The molecule has 2 atom stereocenters. The molecule has 1 amide bonds. The molecule has 21 heavy (non-hydrogen) atoms. The number of sulfone groups is 1. The molecule has 1 aromatic rings. The molecule has 4 nitrogen and oxygen atoms in total. The molecule has 1 fully saturated rings. The molecule has 0 saturated carbocycles. The van der Waals surface area contributed by atoms with Crippen molar-refractivity contribution in [3.63, 3.8) is 0 Å². The van der Waals surface area contributed by atoms with Crippen molar-refractivity contribution in [2.24, 2.45) is 5.92 Å². The van der Waals surface area contributed by atoms with Crippen LogP contribution in [0.4, 0.5) is 0 Å². The summed E-state index contributed by atoms with van der Waals surface area (Å²) in [6, 6.07) is 1.86. The summed E-state index contributed by atoms with van der Waals surface area (Å²) in [6.45, 7) is 2.25. The molecule has 6 heteroatoms. The van der Waals surface area contributed by atoms with E-state index in [9.17, 15) is 13.2 Å². The minimum atomic E-state index is -2.96. The van der Waals surface area contributed by atoms with Crippen LogP contribution in [0.3, 0.4) is 0 Å². The van der Waals surface area contributed by atoms with Gasteiger partial charge < -0.3 is 4.90 Å². The zero-order chi connectivity index (χ0) is 15.2. The summed E-state index contributed by atoms with van der Waals surface area (Å²) < 4.78 is 23.1. The van der Waals surface area contributed by atoms with Gasteiger partial charge >= 0.3 is 0 Å². The largest absolute Gasteiger partial charge is 0.337 e. The molecule has 0 unspecified atom stereocenters. The number of carbonyl (C=O) groups excluding carboxylic acids is 1. The van der Waals surface area contributed by atoms with Crippen LogP contribution in [0.1, 0.15) is 39.9 Å². The number of thiophene rings is 1. The van der Waals surface area contributed by atoms with E-state index in [0.717, 1.165) is 17.7 Å². The molecular weight excluding hydrogens is 306 g/mol. The number of nitrogens with zero attached hydrogens (tertiary/aromatic N) is 1. The second-order valence-electron chi connectivity index (χ2n) is 6.38. The molecule has 0 spiro atoms. The van der Waals surface area contributed by atoms with Gasteiger partial charge in [0.15, 0.2) is 9.84 Å². The van der Waals surface area contributed by atoms with Gasteiger partial charge in [0, 0.05) is 18.0 Å². The van der Waals surface area contributed by atoms with Crippen molar-refractivity contribution in [3.05, 3.63) is 21.4 Å². The summed E-state index contributed by atoms with van der Waals surface area (Å²) >= 11 is 1.59. The summed E-state index contributed by atoms with van der Waals surface area (Å²) in [5.74, 6) is 0.974. The maximum atomic E-state index is 12.6. The average Bonchev–Trinajstić information content (AvgIpc) is 2.99. The Kier molecular flexibility index (Phi) is 3.86. The maximum absolute atomic E-state index is 12.6. The Labute approximate surface area is 130 Å². The summed E-state index contributed by atoms with van der Waals surface area (Å²) in [4.78, 5) is 16.3. The highest BCUT2D eigenvalue weighted by molar-refractivity contribution is 7.91. The van der Waals surface area contributed by atoms with Crippen LogP contribution in [0.25, 0.3) is 0 Å². The van der Waals surface area contributed by atoms with Gasteiger partial charge in [0.25, 0.3) is 5.91 Å². The number of carbonyl (C=O) groups is 1. The minimum Gasteiger partial charge on any atom is -0.337 e. The first-order valence-electron chi connectivity index (χ1n) is 7.45. The van der Waals surface area contributed by atoms with Crippen molar-refractivity contribution in [2.45, 2.75) is 38.6 Å². The fourth-order valence-electron chi connectivity index (χ4n) is 3.23. The summed E-state index contributed by atoms with van der Waals surface area (Å²) in [5, 5.41) is 0. The molecule has 1 aromatic heterocycles. The molecule has 2 heterocycles. The Balaban J connectivity index is 1.76. The van der Waals surface area contributed by atoms with E-state index in [-0.39, 0.29) is 23.5 Å². The van der Waals surface area contributed by atoms with Crippen LogP contribution in [-0.4, -0.2) is 43.8 Å². The lowest BCUT2D eigenvalue weighted by molar-refractivity contribution is 0.0752. The fourth-order valence-corrected chi connectivity index (χ4v) is 6.20. The molecule has 1 aliphatic heterocycles. The molecule has 0 N–H and O–H groups in total. The molecule has 1 aliphatic carbocycles. The smallest absolute Gasteiger partial charge is 0.263 e. The van der Waals surface area contributed by atoms with Crippen LogP contribution < -0.4 is 0 Å². The Bertz CT molecular complexity index is 662. The zero-order valence-corrected chi connectivity index (χ0v) is 14.1. The first kappa shape index (κ1) is 15.0. The lowest BCUT2D eigenvalue weighted by atomic mass is 9.90. The standard InChI is InChI=1S/C15H21NO3S2/c1-10-3-4-13-11(7-10)8-14(20-13)15(17)16(2)12-5-6-21(18,19)9-12/h8,10,12H,3-7,9H2,1-2H3/t10-,12-/m0/s1. The predicted molar refractivity (Wildman–Crippen MR) is 84.7 cm³/mol. The Morgan fingerprint density at radius 3 is 2.81 bits per heavy atom. The number of fused-ring (bicyclic) bond motifs is 1. The second-order valence-corrected chi connectivity index (χ2v) is 9.75. The van der Waals surface area contributed by atoms with Crippen LogP contribution in [0.15, 0.2) is 6.07 Å². The van der Waals surface area contributed by atoms with E-state index in [1.165, 1.54) is 16.9 Å². The van der Waals surface area contributed by atoms with Gasteiger partial charge in [0.1, 0.15) is 0 Å². The third-order valence-corrected chi connectivity index (χ3v) is 7.59. The third kappa shape index (κ3) is 3.01. The lowest BCUT2D eigenvalue weighted by Crippen LogP contribution is -2.37. The van der Waals surface area contributed by atoms with Gasteiger partial charge in [-0.1, -0.05) is 6.92 Å². The summed E-state index contributed by atoms with van der Waals surface area (Å²) in [5.41, 5.74) is 1.31. The highest BCUT2D eigenvalue weighted by Gasteiger charge is 2.33. The van der Waals surface area contributed by atoms with E-state index in [1.54, 1.807) is 23.3 Å². The third-order valence-electron chi connectivity index (χ3n) is 4.62. The number of aryl methyl sites for hydroxylation is 1. The summed E-state index contributed by atoms with van der Waals surface area (Å²) in [6.07, 6.45) is 3.88. The first-order valence-corrected chi connectivity index (χ1v) is 10.1. The van der Waals surface area contributed by atoms with Gasteiger partial charge in [-0.2, -0.15) is 0 Å². The van der Waals surface area contributed by atoms with Crippen molar-refractivity contribution in [2.75, 3.05) is 18.6 Å². The van der Waals surface area contributed by atoms with Gasteiger partial charge in [-0.05, 0) is 43.2 Å². The number of rotatable bonds is 2. The first-order chi connectivity index (χ1) is 9.85. The van der Waals surface area contributed by atoms with Crippen molar-refractivity contribution in [1.82, 2.24) is 4.90 Å². The Morgan fingerprint density at radius 2 is 2.14 bits per heavy atom. The molecule has 0 radical (unpaired) electrons. The van der Waals surface area contributed by atoms with E-state index >= 15 is 0 Å². The molecule has 0 bridgehead atoms. The molecule has 3 rings (SSSR count). The van der Waals surface area contributed by atoms with Gasteiger partial charge in [0.2, 0.25) is 0 Å². The fraction of sp³-hybridized carbons (Fsp3) is 0.667. The van der Waals surface area contributed by atoms with Gasteiger partial charge in [-0.15, -0.1) is 11.3 Å². The van der Waals surface area contributed by atoms with Crippen LogP contribution in [0.5, 0.6) is 0 Å². The highest BCUT2D eigenvalue weighted by atomic mass is 32.2. The van der Waals surface area contributed by atoms with Gasteiger partial charge in [0.05, 0.1) is 16.4 Å². The zero-order valence-electron chi connectivity index (χ0n) is 12.5. The predicted octanol–water partition coefficient (Wildman–Crippen LogP) is 2.13. The molecule has 116 valence electrons. The van der Waals surface area contributed by atoms with Gasteiger partial charge in [-0.25, -0.2) is 8.42 Å². The Morgan fingerprint density at radius 1 is 1.38 bits per heavy atom. The van der Waals surface area contributed by atoms with Crippen molar-refractivity contribution in [1.29, 1.82) is 0 Å². The van der Waals surface area contributed by atoms with Crippen molar-refractivity contribution >= 4 is 27.1 Å². The molecular formula is C15H21NO3S2. The number of hydrogen-bond donors (Lipinski definition) is 0. The summed E-state index contributed by atoms with van der Waals surface area (Å²) in [7, 11) is -1.22. The van der Waals surface area contributed by atoms with Crippen LogP contribution in [0, 0.1) is 5.92 Å². The van der Waals surface area contributed by atoms with Crippen LogP contribution >= 0.6 is 11.3 Å². The molecule has 1 saturated heterocycles. The lowest BCUT2D eigenvalue weighted by Gasteiger charge is -2.22. The van der Waals surface area contributed by atoms with E-state index < -0.39 is 9.84 Å². The number of hydrogen-bond acceptors (Lipinski definition) is 4. The van der Waals surface area contributed by atoms with E-state index in [4.69, 9.17) is 0 Å². The quantitative estimate of drug-likeness (QED) is 0.836. The molecule has 2 aliphatic rings. The minimum absolute atomic E-state index is 0.0239. The Hall–Kier alpha value is -0.880. The van der Waals surface area contributed by atoms with Crippen molar-refractivity contribution < 1.29 is 13.2 Å². The highest BCUT2D eigenvalue weighted by Crippen LogP contribution is 2.33. The monoisotopic (exact) mass is 327 g/mol. The van der Waals surface area contributed by atoms with Gasteiger partial charge in [-0.3, -0.25) is 4.79 Å². The van der Waals surface area contributed by atoms with E-state index in [0.29, 0.717) is 12.3 Å².